The van der Waals surface area contributed by atoms with E-state index in [-0.39, 0.29) is 0 Å². The third-order valence-corrected chi connectivity index (χ3v) is 19.5. The molecule has 0 spiro atoms. The summed E-state index contributed by atoms with van der Waals surface area (Å²) < 4.78 is 15.1. The quantitative estimate of drug-likeness (QED) is 0.214. The van der Waals surface area contributed by atoms with Crippen LogP contribution in [0.5, 0.6) is 11.5 Å². The summed E-state index contributed by atoms with van der Waals surface area (Å²) >= 11 is 2.41. The van der Waals surface area contributed by atoms with Crippen LogP contribution in [0.1, 0.15) is 83.1 Å². The number of rotatable bonds is 10. The van der Waals surface area contributed by atoms with E-state index in [4.69, 9.17) is 8.85 Å². The van der Waals surface area contributed by atoms with Crippen LogP contribution in [-0.4, -0.2) is 16.6 Å². The lowest BCUT2D eigenvalue weighted by Crippen LogP contribution is -2.51. The van der Waals surface area contributed by atoms with Crippen molar-refractivity contribution < 1.29 is 8.85 Å². The van der Waals surface area contributed by atoms with Crippen molar-refractivity contribution in [2.24, 2.45) is 0 Å². The Balaban J connectivity index is 3.44. The average molecular weight is 549 g/mol. The van der Waals surface area contributed by atoms with E-state index in [1.165, 1.54) is 3.57 Å². The summed E-state index contributed by atoms with van der Waals surface area (Å²) in [6, 6.07) is 6.54. The molecule has 0 N–H and O–H groups in total. The van der Waals surface area contributed by atoms with Gasteiger partial charge in [-0.25, -0.2) is 0 Å². The summed E-state index contributed by atoms with van der Waals surface area (Å²) in [4.78, 5) is 0. The van der Waals surface area contributed by atoms with Crippen LogP contribution < -0.4 is 8.85 Å². The number of benzene rings is 1. The molecule has 1 rings (SSSR count). The number of halogens is 1. The van der Waals surface area contributed by atoms with E-state index in [1.807, 2.05) is 0 Å². The van der Waals surface area contributed by atoms with Crippen LogP contribution in [0.2, 0.25) is 33.2 Å². The summed E-state index contributed by atoms with van der Waals surface area (Å²) in [6.07, 6.45) is 0. The molecule has 0 aliphatic heterocycles. The van der Waals surface area contributed by atoms with E-state index in [0.717, 1.165) is 11.5 Å². The van der Waals surface area contributed by atoms with Gasteiger partial charge in [0.25, 0.3) is 16.6 Å². The fourth-order valence-corrected chi connectivity index (χ4v) is 16.9. The van der Waals surface area contributed by atoms with Crippen LogP contribution in [0.15, 0.2) is 18.2 Å². The Labute approximate surface area is 196 Å². The second kappa shape index (κ2) is 10.5. The molecule has 0 bridgehead atoms. The highest BCUT2D eigenvalue weighted by molar-refractivity contribution is 14.1. The maximum atomic E-state index is 6.97. The summed E-state index contributed by atoms with van der Waals surface area (Å²) in [5, 5.41) is 0. The summed E-state index contributed by atoms with van der Waals surface area (Å²) in [5.74, 6) is 1.99. The largest absolute Gasteiger partial charge is 0.543 e. The monoisotopic (exact) mass is 548 g/mol. The highest BCUT2D eigenvalue weighted by Gasteiger charge is 2.48. The van der Waals surface area contributed by atoms with Crippen LogP contribution in [0, 0.1) is 3.57 Å². The van der Waals surface area contributed by atoms with E-state index in [2.05, 4.69) is 124 Å². The van der Waals surface area contributed by atoms with E-state index in [1.54, 1.807) is 0 Å². The Hall–Kier alpha value is -0.0162. The molecule has 0 saturated heterocycles. The zero-order chi connectivity index (χ0) is 22.7. The molecular formula is C24H45IO2Si2. The Morgan fingerprint density at radius 2 is 0.759 bits per heavy atom. The lowest BCUT2D eigenvalue weighted by Gasteiger charge is -2.43. The van der Waals surface area contributed by atoms with Crippen LogP contribution in [-0.2, 0) is 0 Å². The van der Waals surface area contributed by atoms with Gasteiger partial charge in [0, 0.05) is 9.64 Å². The SMILES string of the molecule is CC(C)[Si](Oc1cc(I)cc(O[Si](C(C)C)(C(C)C)C(C)C)c1)(C(C)C)C(C)C. The van der Waals surface area contributed by atoms with Crippen molar-refractivity contribution >= 4 is 39.2 Å². The van der Waals surface area contributed by atoms with Gasteiger partial charge in [0.1, 0.15) is 11.5 Å². The van der Waals surface area contributed by atoms with E-state index in [9.17, 15) is 0 Å². The molecule has 0 amide bonds. The molecule has 0 heterocycles. The molecule has 1 aromatic rings. The molecule has 0 fully saturated rings. The predicted octanol–water partition coefficient (Wildman–Crippen LogP) is 9.40. The molecule has 1 aromatic carbocycles. The molecule has 0 aliphatic rings. The van der Waals surface area contributed by atoms with Crippen LogP contribution >= 0.6 is 22.6 Å². The lowest BCUT2D eigenvalue weighted by molar-refractivity contribution is 0.461. The second-order valence-corrected chi connectivity index (χ2v) is 22.5. The molecular weight excluding hydrogens is 503 g/mol. The second-order valence-electron chi connectivity index (χ2n) is 10.5. The number of hydrogen-bond donors (Lipinski definition) is 0. The maximum Gasteiger partial charge on any atom is 0.258 e. The van der Waals surface area contributed by atoms with Gasteiger partial charge in [0.2, 0.25) is 0 Å². The molecule has 0 aromatic heterocycles. The molecule has 5 heteroatoms. The zero-order valence-electron chi connectivity index (χ0n) is 20.9. The Kier molecular flexibility index (Phi) is 9.81. The zero-order valence-corrected chi connectivity index (χ0v) is 25.0. The third kappa shape index (κ3) is 5.62. The van der Waals surface area contributed by atoms with Crippen molar-refractivity contribution in [1.82, 2.24) is 0 Å². The first kappa shape index (κ1) is 27.0. The minimum atomic E-state index is -1.99. The van der Waals surface area contributed by atoms with Crippen molar-refractivity contribution in [1.29, 1.82) is 0 Å². The van der Waals surface area contributed by atoms with Crippen LogP contribution in [0.25, 0.3) is 0 Å². The van der Waals surface area contributed by atoms with Gasteiger partial charge < -0.3 is 8.85 Å². The van der Waals surface area contributed by atoms with Gasteiger partial charge in [-0.2, -0.15) is 0 Å². The van der Waals surface area contributed by atoms with E-state index in [0.29, 0.717) is 33.2 Å². The molecule has 0 saturated carbocycles. The van der Waals surface area contributed by atoms with E-state index >= 15 is 0 Å². The Morgan fingerprint density at radius 1 is 0.517 bits per heavy atom. The fraction of sp³-hybridized carbons (Fsp3) is 0.750. The van der Waals surface area contributed by atoms with Gasteiger partial charge in [-0.3, -0.25) is 0 Å². The predicted molar refractivity (Wildman–Crippen MR) is 143 cm³/mol. The van der Waals surface area contributed by atoms with Crippen molar-refractivity contribution in [2.75, 3.05) is 0 Å². The van der Waals surface area contributed by atoms with Crippen molar-refractivity contribution in [2.45, 2.75) is 116 Å². The first-order chi connectivity index (χ1) is 13.2. The van der Waals surface area contributed by atoms with Gasteiger partial charge in [0.15, 0.2) is 0 Å². The standard InChI is InChI=1S/C24H45IO2Si2/c1-16(2)28(17(3)4,18(5)6)26-23-13-22(25)14-24(15-23)27-29(19(7)8,20(9)10)21(11)12/h13-21H,1-12H3. The first-order valence-electron chi connectivity index (χ1n) is 11.4. The van der Waals surface area contributed by atoms with Gasteiger partial charge in [-0.1, -0.05) is 83.1 Å². The normalized spacial score (nSPS) is 13.5. The summed E-state index contributed by atoms with van der Waals surface area (Å²) in [5.41, 5.74) is 3.33. The minimum absolute atomic E-state index is 0.556. The minimum Gasteiger partial charge on any atom is -0.543 e. The molecule has 2 nitrogen and oxygen atoms in total. The lowest BCUT2D eigenvalue weighted by atomic mass is 10.3. The molecule has 0 unspecified atom stereocenters. The highest BCUT2D eigenvalue weighted by atomic mass is 127. The first-order valence-corrected chi connectivity index (χ1v) is 16.8. The Morgan fingerprint density at radius 3 is 0.966 bits per heavy atom. The fourth-order valence-electron chi connectivity index (χ4n) is 5.77. The van der Waals surface area contributed by atoms with Crippen LogP contribution in [0.3, 0.4) is 0 Å². The topological polar surface area (TPSA) is 18.5 Å². The molecule has 29 heavy (non-hydrogen) atoms. The molecule has 0 atom stereocenters. The van der Waals surface area contributed by atoms with Gasteiger partial charge in [0.05, 0.1) is 0 Å². The summed E-state index contributed by atoms with van der Waals surface area (Å²) in [6.45, 7) is 28.1. The molecule has 0 radical (unpaired) electrons. The van der Waals surface area contributed by atoms with Crippen molar-refractivity contribution in [3.8, 4) is 11.5 Å². The van der Waals surface area contributed by atoms with Gasteiger partial charge in [-0.05, 0) is 68.0 Å². The molecule has 168 valence electrons. The highest BCUT2D eigenvalue weighted by Crippen LogP contribution is 2.46. The summed E-state index contributed by atoms with van der Waals surface area (Å²) in [7, 11) is -3.97. The van der Waals surface area contributed by atoms with Crippen molar-refractivity contribution in [3.63, 3.8) is 0 Å². The number of hydrogen-bond acceptors (Lipinski definition) is 2. The van der Waals surface area contributed by atoms with Gasteiger partial charge in [-0.15, -0.1) is 0 Å². The smallest absolute Gasteiger partial charge is 0.258 e. The Bertz CT molecular complexity index is 558. The maximum absolute atomic E-state index is 6.97. The third-order valence-electron chi connectivity index (χ3n) is 6.85. The molecule has 0 aliphatic carbocycles. The van der Waals surface area contributed by atoms with Gasteiger partial charge >= 0.3 is 0 Å². The van der Waals surface area contributed by atoms with E-state index < -0.39 is 16.6 Å². The van der Waals surface area contributed by atoms with Crippen molar-refractivity contribution in [3.05, 3.63) is 21.8 Å². The average Bonchev–Trinajstić information content (AvgIpc) is 2.55. The van der Waals surface area contributed by atoms with Crippen LogP contribution in [0.4, 0.5) is 0 Å².